The van der Waals surface area contributed by atoms with Gasteiger partial charge in [0.15, 0.2) is 11.5 Å². The number of hydrogen-bond donors (Lipinski definition) is 1. The lowest BCUT2D eigenvalue weighted by molar-refractivity contribution is 0.280. The van der Waals surface area contributed by atoms with E-state index in [0.29, 0.717) is 23.9 Å². The molecule has 148 valence electrons. The summed E-state index contributed by atoms with van der Waals surface area (Å²) < 4.78 is 11.6. The highest BCUT2D eigenvalue weighted by Crippen LogP contribution is 2.35. The molecule has 4 nitrogen and oxygen atoms in total. The number of halogens is 1. The monoisotopic (exact) mass is 390 g/mol. The molecule has 2 aromatic carbocycles. The Morgan fingerprint density at radius 1 is 1.07 bits per heavy atom. The molecule has 0 atom stereocenters. The fourth-order valence-corrected chi connectivity index (χ4v) is 3.22. The largest absolute Gasteiger partial charge is 0.493 e. The maximum atomic E-state index is 6.27. The highest BCUT2D eigenvalue weighted by Gasteiger charge is 2.13. The van der Waals surface area contributed by atoms with E-state index >= 15 is 0 Å². The topological polar surface area (TPSA) is 33.7 Å². The summed E-state index contributed by atoms with van der Waals surface area (Å²) in [6, 6.07) is 13.9. The maximum Gasteiger partial charge on any atom is 0.166 e. The maximum absolute atomic E-state index is 6.27. The van der Waals surface area contributed by atoms with E-state index in [-0.39, 0.29) is 0 Å². The van der Waals surface area contributed by atoms with Crippen molar-refractivity contribution in [3.63, 3.8) is 0 Å². The molecule has 2 rings (SSSR count). The second-order valence-electron chi connectivity index (χ2n) is 6.43. The third-order valence-corrected chi connectivity index (χ3v) is 4.80. The zero-order valence-corrected chi connectivity index (χ0v) is 17.4. The van der Waals surface area contributed by atoms with Crippen molar-refractivity contribution in [2.45, 2.75) is 33.4 Å². The van der Waals surface area contributed by atoms with E-state index in [9.17, 15) is 0 Å². The third kappa shape index (κ3) is 7.06. The van der Waals surface area contributed by atoms with Gasteiger partial charge in [0.25, 0.3) is 0 Å². The third-order valence-electron chi connectivity index (χ3n) is 4.58. The molecule has 0 bridgehead atoms. The van der Waals surface area contributed by atoms with Crippen LogP contribution in [0.2, 0.25) is 5.02 Å². The van der Waals surface area contributed by atoms with Crippen molar-refractivity contribution in [1.82, 2.24) is 10.2 Å². The summed E-state index contributed by atoms with van der Waals surface area (Å²) in [5.41, 5.74) is 2.13. The van der Waals surface area contributed by atoms with Crippen LogP contribution in [-0.4, -0.2) is 38.2 Å². The van der Waals surface area contributed by atoms with Crippen LogP contribution in [0.5, 0.6) is 11.5 Å². The van der Waals surface area contributed by atoms with E-state index in [1.54, 1.807) is 13.2 Å². The van der Waals surface area contributed by atoms with Gasteiger partial charge in [-0.2, -0.15) is 0 Å². The molecular weight excluding hydrogens is 360 g/mol. The predicted molar refractivity (Wildman–Crippen MR) is 113 cm³/mol. The number of nitrogens with one attached hydrogen (secondary N) is 1. The van der Waals surface area contributed by atoms with Gasteiger partial charge in [-0.1, -0.05) is 55.8 Å². The molecule has 0 spiro atoms. The minimum absolute atomic E-state index is 0.494. The Kier molecular flexibility index (Phi) is 9.46. The first-order valence-electron chi connectivity index (χ1n) is 9.64. The van der Waals surface area contributed by atoms with Crippen molar-refractivity contribution in [3.05, 3.63) is 58.6 Å². The highest BCUT2D eigenvalue weighted by atomic mass is 35.5. The molecule has 0 aliphatic carbocycles. The molecule has 0 heterocycles. The molecule has 2 aromatic rings. The summed E-state index contributed by atoms with van der Waals surface area (Å²) in [4.78, 5) is 2.43. The molecule has 1 N–H and O–H groups in total. The summed E-state index contributed by atoms with van der Waals surface area (Å²) in [5, 5.41) is 4.15. The van der Waals surface area contributed by atoms with Crippen molar-refractivity contribution in [1.29, 1.82) is 0 Å². The molecule has 0 aliphatic heterocycles. The van der Waals surface area contributed by atoms with E-state index in [2.05, 4.69) is 24.1 Å². The molecule has 0 amide bonds. The van der Waals surface area contributed by atoms with Crippen LogP contribution in [0.15, 0.2) is 42.5 Å². The molecule has 0 saturated heterocycles. The Morgan fingerprint density at radius 3 is 2.48 bits per heavy atom. The van der Waals surface area contributed by atoms with E-state index in [0.717, 1.165) is 49.5 Å². The number of hydrogen-bond acceptors (Lipinski definition) is 4. The minimum Gasteiger partial charge on any atom is -0.493 e. The van der Waals surface area contributed by atoms with Crippen LogP contribution in [0.25, 0.3) is 0 Å². The molecule has 0 aromatic heterocycles. The quantitative estimate of drug-likeness (QED) is 0.530. The lowest BCUT2D eigenvalue weighted by atomic mass is 10.1. The summed E-state index contributed by atoms with van der Waals surface area (Å²) in [5.74, 6) is 1.42. The predicted octanol–water partition coefficient (Wildman–Crippen LogP) is 4.75. The number of methoxy groups -OCH3 is 1. The molecule has 0 unspecified atom stereocenters. The van der Waals surface area contributed by atoms with Gasteiger partial charge >= 0.3 is 0 Å². The Labute approximate surface area is 168 Å². The zero-order chi connectivity index (χ0) is 19.5. The van der Waals surface area contributed by atoms with Gasteiger partial charge in [0, 0.05) is 23.2 Å². The number of rotatable bonds is 12. The van der Waals surface area contributed by atoms with Crippen molar-refractivity contribution < 1.29 is 9.47 Å². The summed E-state index contributed by atoms with van der Waals surface area (Å²) in [7, 11) is 1.64. The van der Waals surface area contributed by atoms with E-state index in [4.69, 9.17) is 21.1 Å². The molecule has 27 heavy (non-hydrogen) atoms. The second-order valence-corrected chi connectivity index (χ2v) is 6.86. The molecule has 0 aliphatic rings. The average molecular weight is 391 g/mol. The first-order chi connectivity index (χ1) is 13.2. The lowest BCUT2D eigenvalue weighted by Crippen LogP contribution is -2.27. The summed E-state index contributed by atoms with van der Waals surface area (Å²) >= 11 is 6.27. The van der Waals surface area contributed by atoms with Gasteiger partial charge in [-0.3, -0.25) is 0 Å². The first-order valence-corrected chi connectivity index (χ1v) is 10.0. The zero-order valence-electron chi connectivity index (χ0n) is 16.6. The number of benzene rings is 2. The number of nitrogens with zero attached hydrogens (tertiary/aromatic N) is 1. The van der Waals surface area contributed by atoms with E-state index in [1.807, 2.05) is 36.4 Å². The van der Waals surface area contributed by atoms with Gasteiger partial charge in [-0.25, -0.2) is 0 Å². The molecule has 0 radical (unpaired) electrons. The Morgan fingerprint density at radius 2 is 1.81 bits per heavy atom. The standard InChI is InChI=1S/C22H31ClN2O2/c1-4-25(5-2)13-9-12-24-16-19-14-20(23)15-21(26-3)22(19)27-17-18-10-7-6-8-11-18/h6-8,10-11,14-15,24H,4-5,9,12-13,16-17H2,1-3H3. The van der Waals surface area contributed by atoms with Gasteiger partial charge < -0.3 is 19.7 Å². The van der Waals surface area contributed by atoms with Crippen LogP contribution >= 0.6 is 11.6 Å². The fraction of sp³-hybridized carbons (Fsp3) is 0.455. The van der Waals surface area contributed by atoms with Crippen molar-refractivity contribution in [2.24, 2.45) is 0 Å². The molecular formula is C22H31ClN2O2. The molecule has 5 heteroatoms. The fourth-order valence-electron chi connectivity index (χ4n) is 2.99. The van der Waals surface area contributed by atoms with Crippen molar-refractivity contribution in [3.8, 4) is 11.5 Å². The Hall–Kier alpha value is -1.75. The van der Waals surface area contributed by atoms with Gasteiger partial charge in [0.1, 0.15) is 6.61 Å². The molecule has 0 saturated carbocycles. The second kappa shape index (κ2) is 11.9. The van der Waals surface area contributed by atoms with E-state index in [1.165, 1.54) is 0 Å². The first kappa shape index (κ1) is 21.5. The van der Waals surface area contributed by atoms with Gasteiger partial charge in [0.2, 0.25) is 0 Å². The van der Waals surface area contributed by atoms with Gasteiger partial charge in [0.05, 0.1) is 7.11 Å². The van der Waals surface area contributed by atoms with Crippen LogP contribution in [0.4, 0.5) is 0 Å². The van der Waals surface area contributed by atoms with Crippen LogP contribution in [0, 0.1) is 0 Å². The average Bonchev–Trinajstić information content (AvgIpc) is 2.70. The van der Waals surface area contributed by atoms with Crippen LogP contribution in [0.3, 0.4) is 0 Å². The Balaban J connectivity index is 1.98. The SMILES string of the molecule is CCN(CC)CCCNCc1cc(Cl)cc(OC)c1OCc1ccccc1. The summed E-state index contributed by atoms with van der Waals surface area (Å²) in [6.45, 7) is 9.84. The van der Waals surface area contributed by atoms with E-state index < -0.39 is 0 Å². The lowest BCUT2D eigenvalue weighted by Gasteiger charge is -2.18. The van der Waals surface area contributed by atoms with Gasteiger partial charge in [-0.15, -0.1) is 0 Å². The van der Waals surface area contributed by atoms with Crippen LogP contribution < -0.4 is 14.8 Å². The van der Waals surface area contributed by atoms with Gasteiger partial charge in [-0.05, 0) is 44.2 Å². The molecule has 0 fully saturated rings. The normalized spacial score (nSPS) is 11.0. The van der Waals surface area contributed by atoms with Crippen LogP contribution in [0.1, 0.15) is 31.4 Å². The number of ether oxygens (including phenoxy) is 2. The smallest absolute Gasteiger partial charge is 0.166 e. The van der Waals surface area contributed by atoms with Crippen molar-refractivity contribution in [2.75, 3.05) is 33.3 Å². The highest BCUT2D eigenvalue weighted by molar-refractivity contribution is 6.30. The minimum atomic E-state index is 0.494. The summed E-state index contributed by atoms with van der Waals surface area (Å²) in [6.07, 6.45) is 1.11. The van der Waals surface area contributed by atoms with Crippen molar-refractivity contribution >= 4 is 11.6 Å². The Bertz CT molecular complexity index is 676. The van der Waals surface area contributed by atoms with Crippen LogP contribution in [-0.2, 0) is 13.2 Å².